The molecule has 4 heteroatoms. The Morgan fingerprint density at radius 1 is 1.53 bits per heavy atom. The van der Waals surface area contributed by atoms with Crippen LogP contribution in [0.25, 0.3) is 0 Å². The van der Waals surface area contributed by atoms with Crippen LogP contribution < -0.4 is 10.6 Å². The fraction of sp³-hybridized carbons (Fsp3) is 0.538. The molecule has 1 heterocycles. The first-order chi connectivity index (χ1) is 8.25. The van der Waals surface area contributed by atoms with Gasteiger partial charge in [0.25, 0.3) is 0 Å². The summed E-state index contributed by atoms with van der Waals surface area (Å²) in [6.45, 7) is 3.47. The van der Waals surface area contributed by atoms with Crippen molar-refractivity contribution in [2.24, 2.45) is 0 Å². The predicted molar refractivity (Wildman–Crippen MR) is 66.5 cm³/mol. The van der Waals surface area contributed by atoms with E-state index in [1.54, 1.807) is 6.20 Å². The van der Waals surface area contributed by atoms with Crippen LogP contribution in [0, 0.1) is 6.92 Å². The van der Waals surface area contributed by atoms with Crippen LogP contribution in [0.1, 0.15) is 30.5 Å². The lowest BCUT2D eigenvalue weighted by atomic mass is 10.2. The summed E-state index contributed by atoms with van der Waals surface area (Å²) < 4.78 is 0. The van der Waals surface area contributed by atoms with Gasteiger partial charge in [-0.2, -0.15) is 0 Å². The maximum atomic E-state index is 11.4. The van der Waals surface area contributed by atoms with E-state index in [0.717, 1.165) is 25.1 Å². The molecular formula is C13H19N3O. The first-order valence-electron chi connectivity index (χ1n) is 6.16. The highest BCUT2D eigenvalue weighted by Gasteiger charge is 2.22. The Bertz CT molecular complexity index is 388. The molecule has 17 heavy (non-hydrogen) atoms. The lowest BCUT2D eigenvalue weighted by Gasteiger charge is -2.06. The summed E-state index contributed by atoms with van der Waals surface area (Å²) in [7, 11) is 0. The molecule has 0 spiro atoms. The Labute approximate surface area is 102 Å². The number of hydrogen-bond acceptors (Lipinski definition) is 3. The zero-order chi connectivity index (χ0) is 12.1. The van der Waals surface area contributed by atoms with Crippen LogP contribution in [0.5, 0.6) is 0 Å². The van der Waals surface area contributed by atoms with Gasteiger partial charge < -0.3 is 10.6 Å². The standard InChI is InChI=1S/C13H19N3O/c1-10-3-2-7-15-12(10)9-14-8-6-13(17)16-11-4-5-11/h2-3,7,11,14H,4-6,8-9H2,1H3,(H,16,17). The highest BCUT2D eigenvalue weighted by atomic mass is 16.1. The minimum absolute atomic E-state index is 0.151. The number of carbonyl (C=O) groups excluding carboxylic acids is 1. The maximum absolute atomic E-state index is 11.4. The zero-order valence-electron chi connectivity index (χ0n) is 10.2. The molecule has 1 aliphatic carbocycles. The van der Waals surface area contributed by atoms with Gasteiger partial charge in [0.1, 0.15) is 0 Å². The van der Waals surface area contributed by atoms with E-state index in [0.29, 0.717) is 19.0 Å². The number of carbonyl (C=O) groups is 1. The summed E-state index contributed by atoms with van der Waals surface area (Å²) in [5, 5.41) is 6.21. The van der Waals surface area contributed by atoms with Gasteiger partial charge in [-0.25, -0.2) is 0 Å². The van der Waals surface area contributed by atoms with Gasteiger partial charge in [-0.15, -0.1) is 0 Å². The van der Waals surface area contributed by atoms with E-state index in [2.05, 4.69) is 15.6 Å². The van der Waals surface area contributed by atoms with Crippen LogP contribution in [0.2, 0.25) is 0 Å². The minimum atomic E-state index is 0.151. The lowest BCUT2D eigenvalue weighted by molar-refractivity contribution is -0.121. The Hall–Kier alpha value is -1.42. The van der Waals surface area contributed by atoms with Crippen molar-refractivity contribution in [1.82, 2.24) is 15.6 Å². The van der Waals surface area contributed by atoms with Crippen molar-refractivity contribution < 1.29 is 4.79 Å². The molecule has 1 saturated carbocycles. The van der Waals surface area contributed by atoms with Gasteiger partial charge in [0, 0.05) is 31.7 Å². The molecule has 0 bridgehead atoms. The van der Waals surface area contributed by atoms with Gasteiger partial charge in [-0.3, -0.25) is 9.78 Å². The molecule has 1 amide bonds. The molecule has 4 nitrogen and oxygen atoms in total. The van der Waals surface area contributed by atoms with Crippen LogP contribution in [0.4, 0.5) is 0 Å². The lowest BCUT2D eigenvalue weighted by Crippen LogP contribution is -2.29. The number of nitrogens with zero attached hydrogens (tertiary/aromatic N) is 1. The van der Waals surface area contributed by atoms with E-state index in [-0.39, 0.29) is 5.91 Å². The Morgan fingerprint density at radius 2 is 2.35 bits per heavy atom. The Morgan fingerprint density at radius 3 is 3.06 bits per heavy atom. The summed E-state index contributed by atoms with van der Waals surface area (Å²) in [6, 6.07) is 4.44. The fourth-order valence-electron chi connectivity index (χ4n) is 1.64. The third-order valence-corrected chi connectivity index (χ3v) is 2.88. The molecule has 0 aliphatic heterocycles. The number of aryl methyl sites for hydroxylation is 1. The first-order valence-corrected chi connectivity index (χ1v) is 6.16. The molecule has 2 N–H and O–H groups in total. The normalized spacial score (nSPS) is 14.6. The SMILES string of the molecule is Cc1cccnc1CNCCC(=O)NC1CC1. The van der Waals surface area contributed by atoms with Crippen LogP contribution in [-0.4, -0.2) is 23.5 Å². The molecular weight excluding hydrogens is 214 g/mol. The van der Waals surface area contributed by atoms with Crippen molar-refractivity contribution in [3.8, 4) is 0 Å². The first kappa shape index (κ1) is 12.0. The number of nitrogens with one attached hydrogen (secondary N) is 2. The third-order valence-electron chi connectivity index (χ3n) is 2.88. The van der Waals surface area contributed by atoms with Crippen LogP contribution >= 0.6 is 0 Å². The summed E-state index contributed by atoms with van der Waals surface area (Å²) >= 11 is 0. The Kier molecular flexibility index (Phi) is 4.09. The molecule has 0 atom stereocenters. The van der Waals surface area contributed by atoms with Gasteiger partial charge in [-0.05, 0) is 31.4 Å². The number of aromatic nitrogens is 1. The third kappa shape index (κ3) is 4.15. The molecule has 0 radical (unpaired) electrons. The molecule has 2 rings (SSSR count). The second-order valence-corrected chi connectivity index (χ2v) is 4.54. The van der Waals surface area contributed by atoms with Crippen LogP contribution in [0.3, 0.4) is 0 Å². The van der Waals surface area contributed by atoms with Gasteiger partial charge in [0.05, 0.1) is 5.69 Å². The van der Waals surface area contributed by atoms with Gasteiger partial charge >= 0.3 is 0 Å². The summed E-state index contributed by atoms with van der Waals surface area (Å²) in [5.41, 5.74) is 2.23. The van der Waals surface area contributed by atoms with E-state index in [1.807, 2.05) is 19.1 Å². The molecule has 0 unspecified atom stereocenters. The van der Waals surface area contributed by atoms with E-state index in [9.17, 15) is 4.79 Å². The predicted octanol–water partition coefficient (Wildman–Crippen LogP) is 1.15. The van der Waals surface area contributed by atoms with Gasteiger partial charge in [0.2, 0.25) is 5.91 Å². The van der Waals surface area contributed by atoms with E-state index >= 15 is 0 Å². The smallest absolute Gasteiger partial charge is 0.221 e. The van der Waals surface area contributed by atoms with Crippen molar-refractivity contribution in [3.05, 3.63) is 29.6 Å². The average molecular weight is 233 g/mol. The highest BCUT2D eigenvalue weighted by Crippen LogP contribution is 2.18. The average Bonchev–Trinajstić information content (AvgIpc) is 3.10. The topological polar surface area (TPSA) is 54.0 Å². The fourth-order valence-corrected chi connectivity index (χ4v) is 1.64. The number of amides is 1. The van der Waals surface area contributed by atoms with Crippen LogP contribution in [-0.2, 0) is 11.3 Å². The Balaban J connectivity index is 1.62. The minimum Gasteiger partial charge on any atom is -0.353 e. The zero-order valence-corrected chi connectivity index (χ0v) is 10.2. The monoisotopic (exact) mass is 233 g/mol. The van der Waals surface area contributed by atoms with Crippen molar-refractivity contribution in [3.63, 3.8) is 0 Å². The van der Waals surface area contributed by atoms with Crippen molar-refractivity contribution in [2.45, 2.75) is 38.8 Å². The van der Waals surface area contributed by atoms with Crippen molar-refractivity contribution in [2.75, 3.05) is 6.54 Å². The summed E-state index contributed by atoms with van der Waals surface area (Å²) in [4.78, 5) is 15.7. The van der Waals surface area contributed by atoms with E-state index in [4.69, 9.17) is 0 Å². The number of pyridine rings is 1. The van der Waals surface area contributed by atoms with Crippen molar-refractivity contribution >= 4 is 5.91 Å². The molecule has 1 aromatic rings. The molecule has 1 aliphatic rings. The van der Waals surface area contributed by atoms with Crippen molar-refractivity contribution in [1.29, 1.82) is 0 Å². The summed E-state index contributed by atoms with van der Waals surface area (Å²) in [6.07, 6.45) is 4.63. The second kappa shape index (κ2) is 5.77. The van der Waals surface area contributed by atoms with E-state index in [1.165, 1.54) is 5.56 Å². The second-order valence-electron chi connectivity index (χ2n) is 4.54. The number of rotatable bonds is 6. The molecule has 0 aromatic carbocycles. The largest absolute Gasteiger partial charge is 0.353 e. The van der Waals surface area contributed by atoms with E-state index < -0.39 is 0 Å². The molecule has 0 saturated heterocycles. The van der Waals surface area contributed by atoms with Gasteiger partial charge in [0.15, 0.2) is 0 Å². The highest BCUT2D eigenvalue weighted by molar-refractivity contribution is 5.76. The summed E-state index contributed by atoms with van der Waals surface area (Å²) in [5.74, 6) is 0.151. The van der Waals surface area contributed by atoms with Gasteiger partial charge in [-0.1, -0.05) is 6.07 Å². The quantitative estimate of drug-likeness (QED) is 0.725. The number of hydrogen-bond donors (Lipinski definition) is 2. The maximum Gasteiger partial charge on any atom is 0.221 e. The van der Waals surface area contributed by atoms with Crippen LogP contribution in [0.15, 0.2) is 18.3 Å². The molecule has 1 fully saturated rings. The molecule has 1 aromatic heterocycles. The molecule has 92 valence electrons.